The van der Waals surface area contributed by atoms with Crippen LogP contribution >= 0.6 is 0 Å². The van der Waals surface area contributed by atoms with E-state index < -0.39 is 14.3 Å². The smallest absolute Gasteiger partial charge is 0.333 e. The van der Waals surface area contributed by atoms with Crippen LogP contribution in [0.2, 0.25) is 19.6 Å². The van der Waals surface area contributed by atoms with E-state index in [-0.39, 0.29) is 12.4 Å². The predicted octanol–water partition coefficient (Wildman–Crippen LogP) is 1.85. The Bertz CT molecular complexity index is 303. The first-order valence-corrected chi connectivity index (χ1v) is 8.73. The van der Waals surface area contributed by atoms with Crippen molar-refractivity contribution in [2.45, 2.75) is 32.5 Å². The number of carbonyl (C=O) groups excluding carboxylic acids is 2. The summed E-state index contributed by atoms with van der Waals surface area (Å²) in [6.07, 6.45) is 1.80. The second-order valence-electron chi connectivity index (χ2n) is 4.42. The Morgan fingerprint density at radius 2 is 1.65 bits per heavy atom. The minimum absolute atomic E-state index is 0.184. The van der Waals surface area contributed by atoms with Crippen LogP contribution in [0.15, 0.2) is 11.8 Å². The van der Waals surface area contributed by atoms with Gasteiger partial charge in [0.05, 0.1) is 32.5 Å². The van der Waals surface area contributed by atoms with Gasteiger partial charge in [-0.3, -0.25) is 4.79 Å². The summed E-state index contributed by atoms with van der Waals surface area (Å²) in [4.78, 5) is 22.2. The summed E-state index contributed by atoms with van der Waals surface area (Å²) in [6.45, 7) is 5.99. The molecule has 5 nitrogen and oxygen atoms in total. The largest absolute Gasteiger partial charge is 0.547 e. The van der Waals surface area contributed by atoms with Crippen molar-refractivity contribution in [1.29, 1.82) is 0 Å². The molecule has 0 saturated carbocycles. The molecule has 0 amide bonds. The lowest BCUT2D eigenvalue weighted by atomic mass is 10.2. The van der Waals surface area contributed by atoms with Gasteiger partial charge in [-0.1, -0.05) is 0 Å². The van der Waals surface area contributed by atoms with Crippen molar-refractivity contribution in [2.75, 3.05) is 14.2 Å². The van der Waals surface area contributed by atoms with E-state index in [9.17, 15) is 9.59 Å². The lowest BCUT2D eigenvalue weighted by Gasteiger charge is -2.21. The molecule has 0 heterocycles. The molecular weight excluding hydrogens is 240 g/mol. The van der Waals surface area contributed by atoms with Crippen molar-refractivity contribution in [3.63, 3.8) is 0 Å². The number of methoxy groups -OCH3 is 2. The molecule has 0 aromatic heterocycles. The highest BCUT2D eigenvalue weighted by Gasteiger charge is 2.19. The summed E-state index contributed by atoms with van der Waals surface area (Å²) in [6, 6.07) is 0. The first-order chi connectivity index (χ1) is 7.78. The van der Waals surface area contributed by atoms with Crippen molar-refractivity contribution >= 4 is 20.3 Å². The molecule has 0 radical (unpaired) electrons. The molecule has 0 aromatic rings. The fraction of sp³-hybridized carbons (Fsp3) is 0.636. The monoisotopic (exact) mass is 260 g/mol. The molecule has 0 atom stereocenters. The minimum atomic E-state index is -1.81. The van der Waals surface area contributed by atoms with E-state index in [1.165, 1.54) is 20.3 Å². The van der Waals surface area contributed by atoms with Crippen LogP contribution in [-0.2, 0) is 23.5 Å². The molecule has 0 rings (SSSR count). The zero-order valence-electron chi connectivity index (χ0n) is 11.0. The topological polar surface area (TPSA) is 61.8 Å². The fourth-order valence-corrected chi connectivity index (χ4v) is 2.01. The van der Waals surface area contributed by atoms with E-state index >= 15 is 0 Å². The van der Waals surface area contributed by atoms with Crippen LogP contribution in [0, 0.1) is 0 Å². The summed E-state index contributed by atoms with van der Waals surface area (Å²) in [5.41, 5.74) is 0. The summed E-state index contributed by atoms with van der Waals surface area (Å²) >= 11 is 0. The molecule has 98 valence electrons. The Morgan fingerprint density at radius 3 is 2.06 bits per heavy atom. The molecule has 6 heteroatoms. The van der Waals surface area contributed by atoms with Gasteiger partial charge in [-0.2, -0.15) is 0 Å². The Hall–Kier alpha value is -1.30. The molecule has 0 aliphatic heterocycles. The first kappa shape index (κ1) is 15.7. The van der Waals surface area contributed by atoms with Crippen LogP contribution in [0.5, 0.6) is 0 Å². The standard InChI is InChI=1S/C11H20O5Si/c1-14-10(12)7-6-9(8-11(13)15-2)16-17(3,4)5/h8H,6-7H2,1-5H3/b9-8-. The first-order valence-electron chi connectivity index (χ1n) is 5.33. The van der Waals surface area contributed by atoms with Gasteiger partial charge in [0.2, 0.25) is 8.32 Å². The van der Waals surface area contributed by atoms with Crippen molar-refractivity contribution in [1.82, 2.24) is 0 Å². The molecule has 0 bridgehead atoms. The van der Waals surface area contributed by atoms with E-state index in [0.29, 0.717) is 12.2 Å². The molecular formula is C11H20O5Si. The highest BCUT2D eigenvalue weighted by molar-refractivity contribution is 6.70. The maximum Gasteiger partial charge on any atom is 0.333 e. The Morgan fingerprint density at radius 1 is 1.06 bits per heavy atom. The van der Waals surface area contributed by atoms with Crippen LogP contribution in [0.25, 0.3) is 0 Å². The van der Waals surface area contributed by atoms with Gasteiger partial charge in [0.25, 0.3) is 0 Å². The number of rotatable bonds is 6. The normalized spacial score (nSPS) is 11.9. The molecule has 0 fully saturated rings. The molecule has 0 aliphatic rings. The second-order valence-corrected chi connectivity index (χ2v) is 8.85. The Labute approximate surface area is 103 Å². The molecule has 17 heavy (non-hydrogen) atoms. The van der Waals surface area contributed by atoms with Crippen molar-refractivity contribution < 1.29 is 23.5 Å². The van der Waals surface area contributed by atoms with E-state index in [0.717, 1.165) is 0 Å². The van der Waals surface area contributed by atoms with Gasteiger partial charge in [0.15, 0.2) is 0 Å². The van der Waals surface area contributed by atoms with E-state index in [1.807, 2.05) is 19.6 Å². The number of allylic oxidation sites excluding steroid dienone is 1. The van der Waals surface area contributed by atoms with Crippen LogP contribution in [-0.4, -0.2) is 34.5 Å². The van der Waals surface area contributed by atoms with E-state index in [1.54, 1.807) is 0 Å². The zero-order chi connectivity index (χ0) is 13.5. The number of hydrogen-bond donors (Lipinski definition) is 0. The highest BCUT2D eigenvalue weighted by Crippen LogP contribution is 2.15. The Kier molecular flexibility index (Phi) is 6.56. The van der Waals surface area contributed by atoms with Gasteiger partial charge < -0.3 is 13.9 Å². The number of hydrogen-bond acceptors (Lipinski definition) is 5. The number of esters is 2. The van der Waals surface area contributed by atoms with Crippen LogP contribution in [0.4, 0.5) is 0 Å². The van der Waals surface area contributed by atoms with E-state index in [4.69, 9.17) is 4.43 Å². The van der Waals surface area contributed by atoms with Gasteiger partial charge in [-0.25, -0.2) is 4.79 Å². The molecule has 0 saturated heterocycles. The number of ether oxygens (including phenoxy) is 2. The lowest BCUT2D eigenvalue weighted by molar-refractivity contribution is -0.141. The average Bonchev–Trinajstić information content (AvgIpc) is 2.23. The van der Waals surface area contributed by atoms with Gasteiger partial charge in [0, 0.05) is 6.42 Å². The predicted molar refractivity (Wildman–Crippen MR) is 65.8 cm³/mol. The minimum Gasteiger partial charge on any atom is -0.547 e. The van der Waals surface area contributed by atoms with Crippen molar-refractivity contribution in [2.24, 2.45) is 0 Å². The molecule has 0 unspecified atom stereocenters. The van der Waals surface area contributed by atoms with Crippen molar-refractivity contribution in [3.05, 3.63) is 11.8 Å². The van der Waals surface area contributed by atoms with Crippen LogP contribution in [0.3, 0.4) is 0 Å². The van der Waals surface area contributed by atoms with Crippen molar-refractivity contribution in [3.8, 4) is 0 Å². The van der Waals surface area contributed by atoms with Gasteiger partial charge in [-0.05, 0) is 19.6 Å². The third kappa shape index (κ3) is 8.50. The summed E-state index contributed by atoms with van der Waals surface area (Å²) < 4.78 is 14.8. The molecule has 0 N–H and O–H groups in total. The Balaban J connectivity index is 4.57. The fourth-order valence-electron chi connectivity index (χ4n) is 1.06. The third-order valence-electron chi connectivity index (χ3n) is 1.72. The zero-order valence-corrected chi connectivity index (χ0v) is 12.0. The van der Waals surface area contributed by atoms with Gasteiger partial charge in [0.1, 0.15) is 0 Å². The number of carbonyl (C=O) groups is 2. The summed E-state index contributed by atoms with van der Waals surface area (Å²) in [7, 11) is 0.811. The summed E-state index contributed by atoms with van der Waals surface area (Å²) in [5.74, 6) is -0.343. The lowest BCUT2D eigenvalue weighted by Crippen LogP contribution is -2.25. The molecule has 0 spiro atoms. The second kappa shape index (κ2) is 7.11. The highest BCUT2D eigenvalue weighted by atomic mass is 28.4. The maximum absolute atomic E-state index is 11.1. The van der Waals surface area contributed by atoms with E-state index in [2.05, 4.69) is 9.47 Å². The van der Waals surface area contributed by atoms with Crippen LogP contribution in [0.1, 0.15) is 12.8 Å². The summed E-state index contributed by atoms with van der Waals surface area (Å²) in [5, 5.41) is 0. The SMILES string of the molecule is COC(=O)/C=C(/CCC(=O)OC)O[Si](C)(C)C. The third-order valence-corrected chi connectivity index (χ3v) is 2.60. The van der Waals surface area contributed by atoms with Gasteiger partial charge in [-0.15, -0.1) is 0 Å². The maximum atomic E-state index is 11.1. The van der Waals surface area contributed by atoms with Crippen LogP contribution < -0.4 is 0 Å². The van der Waals surface area contributed by atoms with Gasteiger partial charge >= 0.3 is 11.9 Å². The average molecular weight is 260 g/mol. The molecule has 0 aliphatic carbocycles. The quantitative estimate of drug-likeness (QED) is 0.316. The molecule has 0 aromatic carbocycles.